The van der Waals surface area contributed by atoms with E-state index >= 15 is 0 Å². The minimum Gasteiger partial charge on any atom is -0.494 e. The molecule has 0 bridgehead atoms. The SMILES string of the molecule is CCCCCCOc1ccc(-c2nn(-c3ccccc3)cc2/C=C2/C(=O)N(C3CCCC3)C(=O)C(C#N)=C2C)cc1. The van der Waals surface area contributed by atoms with Crippen LogP contribution in [0.4, 0.5) is 0 Å². The molecule has 1 aliphatic carbocycles. The molecule has 0 radical (unpaired) electrons. The van der Waals surface area contributed by atoms with Crippen LogP contribution in [0.25, 0.3) is 23.0 Å². The highest BCUT2D eigenvalue weighted by atomic mass is 16.5. The van der Waals surface area contributed by atoms with Crippen LogP contribution in [0.1, 0.15) is 70.8 Å². The number of carbonyl (C=O) groups is 2. The summed E-state index contributed by atoms with van der Waals surface area (Å²) >= 11 is 0. The number of benzene rings is 2. The maximum absolute atomic E-state index is 13.8. The smallest absolute Gasteiger partial charge is 0.271 e. The third-order valence-electron chi connectivity index (χ3n) is 7.92. The number of carbonyl (C=O) groups excluding carboxylic acids is 2. The topological polar surface area (TPSA) is 88.2 Å². The number of nitriles is 1. The van der Waals surface area contributed by atoms with Crippen molar-refractivity contribution in [2.24, 2.45) is 0 Å². The first kappa shape index (κ1) is 28.1. The van der Waals surface area contributed by atoms with Gasteiger partial charge in [0.1, 0.15) is 17.4 Å². The van der Waals surface area contributed by atoms with Crippen LogP contribution in [0.3, 0.4) is 0 Å². The zero-order chi connectivity index (χ0) is 28.8. The minimum absolute atomic E-state index is 0.0280. The Morgan fingerprint density at radius 1 is 1.00 bits per heavy atom. The normalized spacial score (nSPS) is 17.0. The molecule has 2 heterocycles. The Hall–Kier alpha value is -4.44. The van der Waals surface area contributed by atoms with Crippen LogP contribution in [0.15, 0.2) is 77.5 Å². The number of nitrogens with zero attached hydrogens (tertiary/aromatic N) is 4. The molecule has 1 aromatic heterocycles. The lowest BCUT2D eigenvalue weighted by molar-refractivity contribution is -0.143. The average Bonchev–Trinajstić information content (AvgIpc) is 3.67. The van der Waals surface area contributed by atoms with Gasteiger partial charge in [-0.3, -0.25) is 14.5 Å². The van der Waals surface area contributed by atoms with Crippen molar-refractivity contribution in [2.75, 3.05) is 6.61 Å². The lowest BCUT2D eigenvalue weighted by Gasteiger charge is -2.32. The molecule has 0 saturated heterocycles. The molecule has 0 spiro atoms. The van der Waals surface area contributed by atoms with E-state index in [1.807, 2.05) is 60.8 Å². The number of para-hydroxylation sites is 1. The molecule has 0 N–H and O–H groups in total. The van der Waals surface area contributed by atoms with Gasteiger partial charge in [0.25, 0.3) is 11.8 Å². The van der Waals surface area contributed by atoms with E-state index in [0.29, 0.717) is 23.4 Å². The van der Waals surface area contributed by atoms with E-state index in [9.17, 15) is 14.9 Å². The van der Waals surface area contributed by atoms with Gasteiger partial charge >= 0.3 is 0 Å². The van der Waals surface area contributed by atoms with Crippen molar-refractivity contribution in [3.05, 3.63) is 83.1 Å². The van der Waals surface area contributed by atoms with Gasteiger partial charge in [0.15, 0.2) is 0 Å². The van der Waals surface area contributed by atoms with Gasteiger partial charge in [0.2, 0.25) is 0 Å². The number of unbranched alkanes of at least 4 members (excludes halogenated alkanes) is 3. The van der Waals surface area contributed by atoms with Crippen LogP contribution in [-0.2, 0) is 9.59 Å². The Bertz CT molecular complexity index is 1500. The predicted molar refractivity (Wildman–Crippen MR) is 159 cm³/mol. The van der Waals surface area contributed by atoms with Crippen molar-refractivity contribution in [1.29, 1.82) is 5.26 Å². The van der Waals surface area contributed by atoms with Crippen LogP contribution in [-0.4, -0.2) is 39.1 Å². The lowest BCUT2D eigenvalue weighted by Crippen LogP contribution is -2.47. The zero-order valence-electron chi connectivity index (χ0n) is 23.8. The second kappa shape index (κ2) is 12.8. The van der Waals surface area contributed by atoms with Crippen molar-refractivity contribution in [2.45, 2.75) is 71.3 Å². The van der Waals surface area contributed by atoms with Crippen LogP contribution in [0.2, 0.25) is 0 Å². The van der Waals surface area contributed by atoms with Gasteiger partial charge in [-0.25, -0.2) is 4.68 Å². The first-order valence-corrected chi connectivity index (χ1v) is 14.6. The average molecular weight is 549 g/mol. The largest absolute Gasteiger partial charge is 0.494 e. The summed E-state index contributed by atoms with van der Waals surface area (Å²) in [4.78, 5) is 28.3. The first-order chi connectivity index (χ1) is 20.0. The van der Waals surface area contributed by atoms with E-state index < -0.39 is 5.91 Å². The maximum atomic E-state index is 13.8. The van der Waals surface area contributed by atoms with Gasteiger partial charge in [0, 0.05) is 28.9 Å². The molecule has 1 fully saturated rings. The summed E-state index contributed by atoms with van der Waals surface area (Å²) in [5.41, 5.74) is 3.96. The van der Waals surface area contributed by atoms with E-state index in [-0.39, 0.29) is 17.5 Å². The zero-order valence-corrected chi connectivity index (χ0v) is 23.8. The van der Waals surface area contributed by atoms with Crippen LogP contribution >= 0.6 is 0 Å². The quantitative estimate of drug-likeness (QED) is 0.154. The molecule has 3 aromatic rings. The van der Waals surface area contributed by atoms with Gasteiger partial charge < -0.3 is 4.74 Å². The fraction of sp³-hybridized carbons (Fsp3) is 0.353. The van der Waals surface area contributed by atoms with E-state index in [0.717, 1.165) is 61.1 Å². The van der Waals surface area contributed by atoms with E-state index in [1.165, 1.54) is 17.7 Å². The Morgan fingerprint density at radius 2 is 1.73 bits per heavy atom. The van der Waals surface area contributed by atoms with Crippen molar-refractivity contribution in [1.82, 2.24) is 14.7 Å². The summed E-state index contributed by atoms with van der Waals surface area (Å²) in [6.07, 6.45) is 11.7. The number of hydrogen-bond donors (Lipinski definition) is 0. The number of hydrogen-bond acceptors (Lipinski definition) is 5. The van der Waals surface area contributed by atoms with Crippen LogP contribution in [0, 0.1) is 11.3 Å². The molecular weight excluding hydrogens is 512 g/mol. The summed E-state index contributed by atoms with van der Waals surface area (Å²) < 4.78 is 7.73. The van der Waals surface area contributed by atoms with Gasteiger partial charge in [0.05, 0.1) is 18.0 Å². The minimum atomic E-state index is -0.482. The Morgan fingerprint density at radius 3 is 2.41 bits per heavy atom. The number of ether oxygens (including phenoxy) is 1. The number of aromatic nitrogens is 2. The molecule has 0 unspecified atom stereocenters. The van der Waals surface area contributed by atoms with E-state index in [2.05, 4.69) is 13.0 Å². The third-order valence-corrected chi connectivity index (χ3v) is 7.92. The molecule has 7 nitrogen and oxygen atoms in total. The van der Waals surface area contributed by atoms with Crippen molar-refractivity contribution in [3.63, 3.8) is 0 Å². The van der Waals surface area contributed by atoms with Crippen molar-refractivity contribution in [3.8, 4) is 28.8 Å². The second-order valence-corrected chi connectivity index (χ2v) is 10.7. The molecular formula is C34H36N4O3. The lowest BCUT2D eigenvalue weighted by atomic mass is 9.92. The third kappa shape index (κ3) is 6.02. The number of imide groups is 1. The molecule has 7 heteroatoms. The van der Waals surface area contributed by atoms with E-state index in [4.69, 9.17) is 9.84 Å². The molecule has 0 atom stereocenters. The maximum Gasteiger partial charge on any atom is 0.271 e. The Labute approximate surface area is 241 Å². The summed E-state index contributed by atoms with van der Waals surface area (Å²) in [6.45, 7) is 4.56. The fourth-order valence-electron chi connectivity index (χ4n) is 5.61. The summed E-state index contributed by atoms with van der Waals surface area (Å²) in [5.74, 6) is -0.0218. The van der Waals surface area contributed by atoms with Crippen molar-refractivity contribution < 1.29 is 14.3 Å². The highest BCUT2D eigenvalue weighted by Crippen LogP contribution is 2.35. The summed E-state index contributed by atoms with van der Waals surface area (Å²) in [5, 5.41) is 14.8. The number of rotatable bonds is 10. The van der Waals surface area contributed by atoms with Crippen molar-refractivity contribution >= 4 is 17.9 Å². The highest BCUT2D eigenvalue weighted by Gasteiger charge is 2.40. The standard InChI is InChI=1S/C34H36N4O3/c1-3-4-5-11-20-41-29-18-16-25(17-19-29)32-26(23-37(36-32)27-12-7-6-8-13-27)21-30-24(2)31(22-35)34(40)38(33(30)39)28-14-9-10-15-28/h6-8,12-13,16-19,21,23,28H,3-5,9-11,14-15,20H2,1-2H3/b30-21+. The van der Waals surface area contributed by atoms with Crippen LogP contribution < -0.4 is 4.74 Å². The molecule has 1 aliphatic heterocycles. The van der Waals surface area contributed by atoms with Gasteiger partial charge in [-0.1, -0.05) is 57.2 Å². The molecule has 2 aliphatic rings. The molecule has 5 rings (SSSR count). The summed E-state index contributed by atoms with van der Waals surface area (Å²) in [6, 6.07) is 19.5. The second-order valence-electron chi connectivity index (χ2n) is 10.7. The molecule has 1 saturated carbocycles. The predicted octanol–water partition coefficient (Wildman–Crippen LogP) is 7.03. The Balaban J connectivity index is 1.53. The Kier molecular flexibility index (Phi) is 8.79. The molecule has 2 aromatic carbocycles. The first-order valence-electron chi connectivity index (χ1n) is 14.6. The molecule has 2 amide bonds. The fourth-order valence-corrected chi connectivity index (χ4v) is 5.61. The highest BCUT2D eigenvalue weighted by molar-refractivity contribution is 6.20. The summed E-state index contributed by atoms with van der Waals surface area (Å²) in [7, 11) is 0. The monoisotopic (exact) mass is 548 g/mol. The van der Waals surface area contributed by atoms with Gasteiger partial charge in [-0.15, -0.1) is 0 Å². The van der Waals surface area contributed by atoms with Crippen LogP contribution in [0.5, 0.6) is 5.75 Å². The van der Waals surface area contributed by atoms with Gasteiger partial charge in [-0.2, -0.15) is 10.4 Å². The van der Waals surface area contributed by atoms with Gasteiger partial charge in [-0.05, 0) is 74.2 Å². The molecule has 210 valence electrons. The van der Waals surface area contributed by atoms with E-state index in [1.54, 1.807) is 17.7 Å². The molecule has 41 heavy (non-hydrogen) atoms. The number of amides is 2.